The zero-order valence-electron chi connectivity index (χ0n) is 49.6. The van der Waals surface area contributed by atoms with Gasteiger partial charge < -0.3 is 14.2 Å². The van der Waals surface area contributed by atoms with E-state index in [2.05, 4.69) is 69.4 Å². The Morgan fingerprint density at radius 2 is 0.527 bits per heavy atom. The normalized spacial score (nSPS) is 12.3. The largest absolute Gasteiger partial charge is 0.462 e. The Balaban J connectivity index is 4.09. The molecule has 1 unspecified atom stereocenters. The molecule has 432 valence electrons. The molecule has 0 saturated heterocycles. The van der Waals surface area contributed by atoms with Gasteiger partial charge in [0.25, 0.3) is 0 Å². The number of allylic oxidation sites excluding steroid dienone is 8. The highest BCUT2D eigenvalue weighted by molar-refractivity contribution is 5.71. The molecule has 0 radical (unpaired) electrons. The maximum Gasteiger partial charge on any atom is 0.306 e. The summed E-state index contributed by atoms with van der Waals surface area (Å²) in [7, 11) is 0. The Hall–Kier alpha value is -2.63. The van der Waals surface area contributed by atoms with E-state index in [-0.39, 0.29) is 31.1 Å². The van der Waals surface area contributed by atoms with E-state index in [4.69, 9.17) is 14.2 Å². The van der Waals surface area contributed by atoms with Crippen molar-refractivity contribution in [1.29, 1.82) is 0 Å². The summed E-state index contributed by atoms with van der Waals surface area (Å²) in [5.41, 5.74) is 0. The first-order valence-corrected chi connectivity index (χ1v) is 32.6. The highest BCUT2D eigenvalue weighted by atomic mass is 16.6. The zero-order chi connectivity index (χ0) is 53.6. The van der Waals surface area contributed by atoms with Gasteiger partial charge in [0.1, 0.15) is 13.2 Å². The van der Waals surface area contributed by atoms with E-state index in [1.165, 1.54) is 225 Å². The topological polar surface area (TPSA) is 78.9 Å². The Morgan fingerprint density at radius 1 is 0.284 bits per heavy atom. The minimum absolute atomic E-state index is 0.0807. The molecule has 0 aromatic carbocycles. The lowest BCUT2D eigenvalue weighted by molar-refractivity contribution is -0.167. The van der Waals surface area contributed by atoms with E-state index in [1.54, 1.807) is 0 Å². The SMILES string of the molecule is CC/C=C\C/C=C\C/C=C\CCCCCC(=O)OC(COC(=O)CCCCCCCCCCCCCC)COC(=O)CCCCCCCCCCCCCCCCCCCCC/C=C\CCCCCCCCCC. The fourth-order valence-corrected chi connectivity index (χ4v) is 9.69. The molecule has 0 aromatic heterocycles. The van der Waals surface area contributed by atoms with Gasteiger partial charge in [0, 0.05) is 19.3 Å². The molecule has 0 aliphatic heterocycles. The van der Waals surface area contributed by atoms with Gasteiger partial charge in [-0.1, -0.05) is 301 Å². The third-order valence-electron chi connectivity index (χ3n) is 14.6. The second-order valence-corrected chi connectivity index (χ2v) is 22.0. The minimum atomic E-state index is -0.785. The third kappa shape index (κ3) is 60.2. The monoisotopic (exact) mass is 1040 g/mol. The van der Waals surface area contributed by atoms with Gasteiger partial charge in [-0.3, -0.25) is 14.4 Å². The van der Waals surface area contributed by atoms with Crippen LogP contribution in [-0.2, 0) is 28.6 Å². The average molecular weight is 1040 g/mol. The van der Waals surface area contributed by atoms with E-state index in [9.17, 15) is 14.4 Å². The molecule has 6 heteroatoms. The highest BCUT2D eigenvalue weighted by Crippen LogP contribution is 2.18. The molecule has 0 rings (SSSR count). The Labute approximate surface area is 460 Å². The molecule has 0 aromatic rings. The summed E-state index contributed by atoms with van der Waals surface area (Å²) in [6.07, 6.45) is 78.7. The van der Waals surface area contributed by atoms with Gasteiger partial charge in [-0.05, 0) is 77.0 Å². The van der Waals surface area contributed by atoms with Crippen molar-refractivity contribution >= 4 is 17.9 Å². The molecule has 74 heavy (non-hydrogen) atoms. The van der Waals surface area contributed by atoms with E-state index in [1.807, 2.05) is 0 Å². The van der Waals surface area contributed by atoms with Crippen LogP contribution in [0.4, 0.5) is 0 Å². The van der Waals surface area contributed by atoms with E-state index in [0.717, 1.165) is 83.5 Å². The molecule has 0 spiro atoms. The lowest BCUT2D eigenvalue weighted by Crippen LogP contribution is -2.30. The van der Waals surface area contributed by atoms with Crippen molar-refractivity contribution in [2.75, 3.05) is 13.2 Å². The number of ether oxygens (including phenoxy) is 3. The predicted octanol–water partition coefficient (Wildman–Crippen LogP) is 22.2. The van der Waals surface area contributed by atoms with Crippen molar-refractivity contribution in [3.05, 3.63) is 48.6 Å². The van der Waals surface area contributed by atoms with Gasteiger partial charge in [0.2, 0.25) is 0 Å². The molecular formula is C68H124O6. The molecule has 6 nitrogen and oxygen atoms in total. The fraction of sp³-hybridized carbons (Fsp3) is 0.838. The van der Waals surface area contributed by atoms with E-state index >= 15 is 0 Å². The molecule has 1 atom stereocenters. The molecule has 0 heterocycles. The summed E-state index contributed by atoms with van der Waals surface area (Å²) in [6, 6.07) is 0. The lowest BCUT2D eigenvalue weighted by Gasteiger charge is -2.18. The number of hydrogen-bond donors (Lipinski definition) is 0. The Morgan fingerprint density at radius 3 is 0.851 bits per heavy atom. The number of carbonyl (C=O) groups excluding carboxylic acids is 3. The van der Waals surface area contributed by atoms with Crippen LogP contribution < -0.4 is 0 Å². The second kappa shape index (κ2) is 62.9. The molecule has 0 N–H and O–H groups in total. The van der Waals surface area contributed by atoms with Crippen LogP contribution in [0, 0.1) is 0 Å². The van der Waals surface area contributed by atoms with Crippen LogP contribution in [-0.4, -0.2) is 37.2 Å². The third-order valence-corrected chi connectivity index (χ3v) is 14.6. The summed E-state index contributed by atoms with van der Waals surface area (Å²) in [6.45, 7) is 6.54. The van der Waals surface area contributed by atoms with Crippen LogP contribution in [0.3, 0.4) is 0 Å². The second-order valence-electron chi connectivity index (χ2n) is 22.0. The summed E-state index contributed by atoms with van der Waals surface area (Å²) >= 11 is 0. The van der Waals surface area contributed by atoms with Gasteiger partial charge in [0.05, 0.1) is 0 Å². The average Bonchev–Trinajstić information content (AvgIpc) is 3.40. The van der Waals surface area contributed by atoms with E-state index < -0.39 is 6.10 Å². The number of rotatable bonds is 60. The molecule has 0 saturated carbocycles. The van der Waals surface area contributed by atoms with E-state index in [0.29, 0.717) is 19.3 Å². The maximum atomic E-state index is 12.8. The summed E-state index contributed by atoms with van der Waals surface area (Å²) in [5.74, 6) is -0.892. The van der Waals surface area contributed by atoms with Crippen LogP contribution in [0.15, 0.2) is 48.6 Å². The van der Waals surface area contributed by atoms with Gasteiger partial charge in [0.15, 0.2) is 6.10 Å². The summed E-state index contributed by atoms with van der Waals surface area (Å²) < 4.78 is 16.9. The van der Waals surface area contributed by atoms with Crippen molar-refractivity contribution in [1.82, 2.24) is 0 Å². The van der Waals surface area contributed by atoms with Crippen LogP contribution >= 0.6 is 0 Å². The first kappa shape index (κ1) is 71.4. The Kier molecular flexibility index (Phi) is 60.7. The predicted molar refractivity (Wildman–Crippen MR) is 321 cm³/mol. The molecule has 0 fully saturated rings. The van der Waals surface area contributed by atoms with Crippen LogP contribution in [0.25, 0.3) is 0 Å². The minimum Gasteiger partial charge on any atom is -0.462 e. The van der Waals surface area contributed by atoms with Crippen molar-refractivity contribution in [2.24, 2.45) is 0 Å². The molecule has 0 aliphatic carbocycles. The van der Waals surface area contributed by atoms with Gasteiger partial charge >= 0.3 is 17.9 Å². The van der Waals surface area contributed by atoms with Crippen LogP contribution in [0.2, 0.25) is 0 Å². The number of esters is 3. The van der Waals surface area contributed by atoms with Crippen molar-refractivity contribution in [3.8, 4) is 0 Å². The molecule has 0 amide bonds. The maximum absolute atomic E-state index is 12.8. The quantitative estimate of drug-likeness (QED) is 0.0261. The van der Waals surface area contributed by atoms with Crippen LogP contribution in [0.5, 0.6) is 0 Å². The smallest absolute Gasteiger partial charge is 0.306 e. The molecular weight excluding hydrogens is 913 g/mol. The standard InChI is InChI=1S/C68H124O6/c1-4-7-10-13-16-19-22-25-26-27-28-29-30-31-32-33-34-35-36-37-38-39-40-41-42-44-46-49-52-55-58-61-67(70)73-64-65(63-72-66(69)60-57-54-51-48-45-24-21-18-15-12-9-6-3)74-68(71)62-59-56-53-50-47-43-23-20-17-14-11-8-5-2/h8,11,17,20,27-28,43,47,65H,4-7,9-10,12-16,18-19,21-26,29-42,44-46,48-64H2,1-3H3/b11-8-,20-17-,28-27-,47-43-. The number of unbranched alkanes of at least 4 members (excludes halogenated alkanes) is 41. The lowest BCUT2D eigenvalue weighted by atomic mass is 10.0. The summed E-state index contributed by atoms with van der Waals surface area (Å²) in [5, 5.41) is 0. The summed E-state index contributed by atoms with van der Waals surface area (Å²) in [4.78, 5) is 38.2. The molecule has 0 bridgehead atoms. The first-order valence-electron chi connectivity index (χ1n) is 32.6. The van der Waals surface area contributed by atoms with Gasteiger partial charge in [-0.15, -0.1) is 0 Å². The Bertz CT molecular complexity index is 1280. The first-order chi connectivity index (χ1) is 36.5. The zero-order valence-corrected chi connectivity index (χ0v) is 49.6. The number of hydrogen-bond acceptors (Lipinski definition) is 6. The van der Waals surface area contributed by atoms with Crippen LogP contribution in [0.1, 0.15) is 348 Å². The molecule has 0 aliphatic rings. The number of carbonyl (C=O) groups is 3. The van der Waals surface area contributed by atoms with Crippen molar-refractivity contribution in [3.63, 3.8) is 0 Å². The van der Waals surface area contributed by atoms with Gasteiger partial charge in [-0.25, -0.2) is 0 Å². The van der Waals surface area contributed by atoms with Crippen molar-refractivity contribution < 1.29 is 28.6 Å². The van der Waals surface area contributed by atoms with Gasteiger partial charge in [-0.2, -0.15) is 0 Å². The fourth-order valence-electron chi connectivity index (χ4n) is 9.69. The van der Waals surface area contributed by atoms with Crippen molar-refractivity contribution in [2.45, 2.75) is 354 Å². The highest BCUT2D eigenvalue weighted by Gasteiger charge is 2.19.